The summed E-state index contributed by atoms with van der Waals surface area (Å²) in [6, 6.07) is 6.44. The van der Waals surface area contributed by atoms with Crippen LogP contribution in [0.5, 0.6) is 5.75 Å². The molecule has 3 heterocycles. The van der Waals surface area contributed by atoms with Gasteiger partial charge in [-0.15, -0.1) is 11.8 Å². The molecule has 2 unspecified atom stereocenters. The number of thiophene rings is 1. The van der Waals surface area contributed by atoms with Gasteiger partial charge in [0.1, 0.15) is 42.1 Å². The van der Waals surface area contributed by atoms with Gasteiger partial charge in [-0.05, 0) is 40.1 Å². The van der Waals surface area contributed by atoms with Crippen LogP contribution in [0, 0.1) is 0 Å². The fourth-order valence-corrected chi connectivity index (χ4v) is 6.00. The van der Waals surface area contributed by atoms with Crippen LogP contribution in [0.1, 0.15) is 24.1 Å². The van der Waals surface area contributed by atoms with Crippen LogP contribution in [0.3, 0.4) is 0 Å². The van der Waals surface area contributed by atoms with Gasteiger partial charge < -0.3 is 30.0 Å². The number of β-lactam (4-membered cyclic amide) rings is 1. The maximum Gasteiger partial charge on any atom is 0.408 e. The zero-order chi connectivity index (χ0) is 28.1. The first-order chi connectivity index (χ1) is 18.7. The van der Waals surface area contributed by atoms with Crippen molar-refractivity contribution in [1.82, 2.24) is 15.5 Å². The topological polar surface area (TPSA) is 161 Å². The maximum atomic E-state index is 13.2. The standard InChI is InChI=1S/C25H25N3O9S2/c1-13(29)36-10-16-12-39-23-19(22(31)28(23)20(16)24(32)33)26-21(30)18(15-7-8-38-11-15)27-25(34)37-9-14-3-5-17(35-2)6-4-14/h3-8,11,18-19,23H,9-10,12H2,1-2H3,(H,26,30)(H,27,34)(H,32,33)/t18?,19-,23?/m0/s1. The first-order valence-corrected chi connectivity index (χ1v) is 13.6. The number of alkyl carbamates (subject to hydrolysis) is 1. The summed E-state index contributed by atoms with van der Waals surface area (Å²) in [4.78, 5) is 62.9. The zero-order valence-corrected chi connectivity index (χ0v) is 22.5. The number of benzene rings is 1. The molecule has 1 aromatic heterocycles. The normalized spacial score (nSPS) is 18.8. The second kappa shape index (κ2) is 12.2. The third-order valence-electron chi connectivity index (χ3n) is 5.93. The number of methoxy groups -OCH3 is 1. The minimum Gasteiger partial charge on any atom is -0.497 e. The van der Waals surface area contributed by atoms with Gasteiger partial charge in [0.15, 0.2) is 0 Å². The van der Waals surface area contributed by atoms with Crippen molar-refractivity contribution in [2.24, 2.45) is 0 Å². The van der Waals surface area contributed by atoms with Crippen LogP contribution in [0.25, 0.3) is 0 Å². The Bertz CT molecular complexity index is 1290. The number of carboxylic acids is 1. The van der Waals surface area contributed by atoms with Gasteiger partial charge in [-0.2, -0.15) is 11.3 Å². The minimum atomic E-state index is -1.34. The van der Waals surface area contributed by atoms with Crippen molar-refractivity contribution < 1.29 is 43.3 Å². The molecule has 39 heavy (non-hydrogen) atoms. The number of carboxylic acid groups (broad SMARTS) is 1. The summed E-state index contributed by atoms with van der Waals surface area (Å²) < 4.78 is 15.3. The first-order valence-electron chi connectivity index (χ1n) is 11.6. The fourth-order valence-electron chi connectivity index (χ4n) is 3.99. The molecule has 4 rings (SSSR count). The zero-order valence-electron chi connectivity index (χ0n) is 20.9. The number of esters is 1. The minimum absolute atomic E-state index is 0.0391. The third kappa shape index (κ3) is 6.34. The van der Waals surface area contributed by atoms with Crippen molar-refractivity contribution in [2.45, 2.75) is 31.0 Å². The molecule has 0 radical (unpaired) electrons. The summed E-state index contributed by atoms with van der Waals surface area (Å²) >= 11 is 2.56. The molecule has 206 valence electrons. The number of thioether (sulfide) groups is 1. The van der Waals surface area contributed by atoms with E-state index in [-0.39, 0.29) is 30.2 Å². The van der Waals surface area contributed by atoms with E-state index in [1.54, 1.807) is 48.2 Å². The third-order valence-corrected chi connectivity index (χ3v) is 7.97. The van der Waals surface area contributed by atoms with Crippen molar-refractivity contribution in [3.8, 4) is 5.75 Å². The Labute approximate surface area is 231 Å². The first kappa shape index (κ1) is 28.0. The van der Waals surface area contributed by atoms with Crippen LogP contribution >= 0.6 is 23.1 Å². The van der Waals surface area contributed by atoms with Crippen molar-refractivity contribution in [1.29, 1.82) is 0 Å². The van der Waals surface area contributed by atoms with E-state index in [9.17, 15) is 29.1 Å². The summed E-state index contributed by atoms with van der Waals surface area (Å²) in [5.41, 5.74) is 1.24. The highest BCUT2D eigenvalue weighted by atomic mass is 32.2. The number of aliphatic carboxylic acids is 1. The highest BCUT2D eigenvalue weighted by Crippen LogP contribution is 2.40. The largest absolute Gasteiger partial charge is 0.497 e. The van der Waals surface area contributed by atoms with E-state index in [1.807, 2.05) is 0 Å². The van der Waals surface area contributed by atoms with Crippen LogP contribution in [-0.4, -0.2) is 70.7 Å². The molecule has 3 atom stereocenters. The number of nitrogens with one attached hydrogen (secondary N) is 2. The summed E-state index contributed by atoms with van der Waals surface area (Å²) in [5.74, 6) is -2.33. The number of nitrogens with zero attached hydrogens (tertiary/aromatic N) is 1. The Hall–Kier alpha value is -4.04. The van der Waals surface area contributed by atoms with E-state index in [4.69, 9.17) is 14.2 Å². The lowest BCUT2D eigenvalue weighted by molar-refractivity contribution is -0.151. The molecule has 1 fully saturated rings. The maximum absolute atomic E-state index is 13.2. The van der Waals surface area contributed by atoms with Crippen molar-refractivity contribution in [3.05, 3.63) is 63.5 Å². The lowest BCUT2D eigenvalue weighted by Gasteiger charge is -2.49. The molecule has 0 aliphatic carbocycles. The average Bonchev–Trinajstić information content (AvgIpc) is 3.46. The molecule has 2 aliphatic heterocycles. The quantitative estimate of drug-likeness (QED) is 0.282. The van der Waals surface area contributed by atoms with E-state index in [1.165, 1.54) is 30.0 Å². The summed E-state index contributed by atoms with van der Waals surface area (Å²) in [6.07, 6.45) is -0.836. The highest BCUT2D eigenvalue weighted by Gasteiger charge is 2.54. The van der Waals surface area contributed by atoms with Crippen LogP contribution in [0.4, 0.5) is 4.79 Å². The number of hydrogen-bond acceptors (Lipinski definition) is 10. The summed E-state index contributed by atoms with van der Waals surface area (Å²) in [7, 11) is 1.54. The van der Waals surface area contributed by atoms with Gasteiger partial charge in [-0.1, -0.05) is 12.1 Å². The van der Waals surface area contributed by atoms with Gasteiger partial charge >= 0.3 is 18.0 Å². The molecule has 3 N–H and O–H groups in total. The number of carbonyl (C=O) groups excluding carboxylic acids is 4. The molecular weight excluding hydrogens is 550 g/mol. The van der Waals surface area contributed by atoms with E-state index in [0.717, 1.165) is 4.90 Å². The van der Waals surface area contributed by atoms with E-state index in [2.05, 4.69) is 10.6 Å². The lowest BCUT2D eigenvalue weighted by Crippen LogP contribution is -2.71. The highest BCUT2D eigenvalue weighted by molar-refractivity contribution is 8.00. The summed E-state index contributed by atoms with van der Waals surface area (Å²) in [6.45, 7) is 0.912. The Kier molecular flexibility index (Phi) is 8.76. The second-order valence-corrected chi connectivity index (χ2v) is 10.4. The number of fused-ring (bicyclic) bond motifs is 1. The smallest absolute Gasteiger partial charge is 0.408 e. The van der Waals surface area contributed by atoms with Crippen molar-refractivity contribution in [3.63, 3.8) is 0 Å². The number of carbonyl (C=O) groups is 5. The van der Waals surface area contributed by atoms with Crippen LogP contribution in [0.15, 0.2) is 52.4 Å². The van der Waals surface area contributed by atoms with E-state index < -0.39 is 47.3 Å². The molecule has 1 aromatic carbocycles. The average molecular weight is 576 g/mol. The molecular formula is C25H25N3O9S2. The summed E-state index contributed by atoms with van der Waals surface area (Å²) in [5, 5.41) is 17.6. The molecule has 1 saturated heterocycles. The lowest BCUT2D eigenvalue weighted by atomic mass is 10.0. The molecule has 0 spiro atoms. The molecule has 0 bridgehead atoms. The Balaban J connectivity index is 1.41. The van der Waals surface area contributed by atoms with Gasteiger partial charge in [-0.25, -0.2) is 9.59 Å². The van der Waals surface area contributed by atoms with Crippen molar-refractivity contribution in [2.75, 3.05) is 19.5 Å². The Morgan fingerprint density at radius 3 is 2.49 bits per heavy atom. The van der Waals surface area contributed by atoms with Gasteiger partial charge in [0.25, 0.3) is 5.91 Å². The molecule has 2 aliphatic rings. The number of rotatable bonds is 10. The predicted molar refractivity (Wildman–Crippen MR) is 140 cm³/mol. The Morgan fingerprint density at radius 1 is 1.13 bits per heavy atom. The van der Waals surface area contributed by atoms with Crippen LogP contribution in [0.2, 0.25) is 0 Å². The Morgan fingerprint density at radius 2 is 1.87 bits per heavy atom. The SMILES string of the molecule is COc1ccc(COC(=O)NC(C(=O)N[C@H]2C(=O)N3C(C(=O)O)=C(COC(C)=O)CSC23)c2ccsc2)cc1. The molecule has 14 heteroatoms. The second-order valence-electron chi connectivity index (χ2n) is 8.49. The van der Waals surface area contributed by atoms with Crippen molar-refractivity contribution >= 4 is 52.9 Å². The monoisotopic (exact) mass is 575 g/mol. The molecule has 0 saturated carbocycles. The van der Waals surface area contributed by atoms with Crippen LogP contribution < -0.4 is 15.4 Å². The van der Waals surface area contributed by atoms with Gasteiger partial charge in [0.05, 0.1) is 7.11 Å². The van der Waals surface area contributed by atoms with Gasteiger partial charge in [0.2, 0.25) is 5.91 Å². The van der Waals surface area contributed by atoms with E-state index >= 15 is 0 Å². The number of amides is 3. The predicted octanol–water partition coefficient (Wildman–Crippen LogP) is 2.03. The fraction of sp³-hybridized carbons (Fsp3) is 0.320. The number of ether oxygens (including phenoxy) is 3. The number of hydrogen-bond donors (Lipinski definition) is 3. The van der Waals surface area contributed by atoms with E-state index in [0.29, 0.717) is 16.9 Å². The van der Waals surface area contributed by atoms with Crippen LogP contribution in [-0.2, 0) is 35.3 Å². The molecule has 3 amide bonds. The van der Waals surface area contributed by atoms with Gasteiger partial charge in [-0.3, -0.25) is 19.3 Å². The van der Waals surface area contributed by atoms with Gasteiger partial charge in [0, 0.05) is 18.2 Å². The molecule has 12 nitrogen and oxygen atoms in total. The molecule has 2 aromatic rings.